The number of aliphatic hydroxyl groups is 1. The minimum Gasteiger partial charge on any atom is -0.462 e. The highest BCUT2D eigenvalue weighted by Crippen LogP contribution is 2.45. The van der Waals surface area contributed by atoms with Crippen LogP contribution >= 0.6 is 15.6 Å². The second-order valence-corrected chi connectivity index (χ2v) is 33.7. The fourth-order valence-corrected chi connectivity index (χ4v) is 14.4. The highest BCUT2D eigenvalue weighted by molar-refractivity contribution is 7.47. The van der Waals surface area contributed by atoms with Gasteiger partial charge in [0.05, 0.1) is 26.4 Å². The molecular formula is C83H162O17P2. The number of esters is 4. The van der Waals surface area contributed by atoms with Crippen LogP contribution in [0.1, 0.15) is 434 Å². The Morgan fingerprint density at radius 1 is 0.284 bits per heavy atom. The molecule has 3 N–H and O–H groups in total. The molecule has 0 saturated heterocycles. The summed E-state index contributed by atoms with van der Waals surface area (Å²) in [6.45, 7) is 12.0. The van der Waals surface area contributed by atoms with E-state index in [2.05, 4.69) is 48.5 Å². The molecule has 0 aliphatic rings. The van der Waals surface area contributed by atoms with Gasteiger partial charge in [-0.15, -0.1) is 0 Å². The number of rotatable bonds is 81. The Morgan fingerprint density at radius 2 is 0.500 bits per heavy atom. The first-order valence-electron chi connectivity index (χ1n) is 42.9. The average Bonchev–Trinajstić information content (AvgIpc) is 0.926. The second-order valence-electron chi connectivity index (χ2n) is 30.8. The smallest absolute Gasteiger partial charge is 0.462 e. The van der Waals surface area contributed by atoms with Crippen LogP contribution < -0.4 is 0 Å². The molecule has 102 heavy (non-hydrogen) atoms. The van der Waals surface area contributed by atoms with Crippen LogP contribution in [0.4, 0.5) is 0 Å². The normalized spacial score (nSPS) is 14.5. The number of hydrogen-bond donors (Lipinski definition) is 3. The Labute approximate surface area is 626 Å². The van der Waals surface area contributed by atoms with Crippen molar-refractivity contribution in [1.82, 2.24) is 0 Å². The fourth-order valence-electron chi connectivity index (χ4n) is 12.8. The number of hydrogen-bond acceptors (Lipinski definition) is 15. The lowest BCUT2D eigenvalue weighted by Crippen LogP contribution is -2.30. The van der Waals surface area contributed by atoms with Crippen LogP contribution in [0.2, 0.25) is 0 Å². The molecule has 0 aromatic rings. The van der Waals surface area contributed by atoms with Crippen LogP contribution in [0.5, 0.6) is 0 Å². The molecule has 0 aromatic carbocycles. The molecule has 0 amide bonds. The Morgan fingerprint density at radius 3 is 0.745 bits per heavy atom. The third-order valence-corrected chi connectivity index (χ3v) is 22.0. The van der Waals surface area contributed by atoms with E-state index in [-0.39, 0.29) is 25.7 Å². The van der Waals surface area contributed by atoms with Gasteiger partial charge < -0.3 is 33.8 Å². The van der Waals surface area contributed by atoms with E-state index >= 15 is 0 Å². The maximum Gasteiger partial charge on any atom is 0.472 e. The van der Waals surface area contributed by atoms with E-state index in [4.69, 9.17) is 37.0 Å². The third kappa shape index (κ3) is 73.6. The number of ether oxygens (including phenoxy) is 4. The lowest BCUT2D eigenvalue weighted by molar-refractivity contribution is -0.161. The van der Waals surface area contributed by atoms with Gasteiger partial charge >= 0.3 is 39.5 Å². The zero-order valence-corrected chi connectivity index (χ0v) is 68.9. The van der Waals surface area contributed by atoms with Crippen LogP contribution in [0.3, 0.4) is 0 Å². The second kappa shape index (κ2) is 73.2. The molecular weight excluding hydrogens is 1330 g/mol. The number of carbonyl (C=O) groups is 4. The average molecular weight is 1490 g/mol. The molecule has 7 atom stereocenters. The molecule has 0 rings (SSSR count). The first kappa shape index (κ1) is 100. The predicted octanol–water partition coefficient (Wildman–Crippen LogP) is 24.9. The summed E-state index contributed by atoms with van der Waals surface area (Å²) in [5.41, 5.74) is 0. The standard InChI is InChI=1S/C83H162O17P2/c1-8-11-12-13-14-15-30-38-43-52-59-66-82(87)100-79(71-94-81(86)65-58-51-46-45-49-56-63-76(7)10-3)73-98-102(91,92)96-69-77(84)68-95-101(89,90)97-72-78(70-93-80(85)64-57-50-42-37-33-28-24-21-20-22-26-31-35-40-47-54-61-74(4)5)99-83(88)67-60-53-44-39-34-29-25-19-17-16-18-23-27-32-36-41-48-55-62-75(6)9-2/h74-79,84H,8-73H2,1-7H3,(H,89,90)(H,91,92)/t75?,76?,77-,78-,79-/m1/s1. The van der Waals surface area contributed by atoms with Crippen molar-refractivity contribution in [2.75, 3.05) is 39.6 Å². The quantitative estimate of drug-likeness (QED) is 0.0222. The van der Waals surface area contributed by atoms with Crippen molar-refractivity contribution in [2.24, 2.45) is 17.8 Å². The van der Waals surface area contributed by atoms with E-state index in [9.17, 15) is 43.2 Å². The van der Waals surface area contributed by atoms with Crippen molar-refractivity contribution in [3.05, 3.63) is 0 Å². The van der Waals surface area contributed by atoms with Crippen molar-refractivity contribution in [2.45, 2.75) is 452 Å². The zero-order chi connectivity index (χ0) is 75.1. The Balaban J connectivity index is 5.20. The van der Waals surface area contributed by atoms with Gasteiger partial charge in [-0.1, -0.05) is 382 Å². The fraction of sp³-hybridized carbons (Fsp3) is 0.952. The summed E-state index contributed by atoms with van der Waals surface area (Å²) in [7, 11) is -9.92. The summed E-state index contributed by atoms with van der Waals surface area (Å²) in [6.07, 6.45) is 62.5. The summed E-state index contributed by atoms with van der Waals surface area (Å²) in [5, 5.41) is 10.6. The van der Waals surface area contributed by atoms with Crippen LogP contribution in [-0.2, 0) is 65.4 Å². The van der Waals surface area contributed by atoms with E-state index in [1.165, 1.54) is 238 Å². The van der Waals surface area contributed by atoms with E-state index in [0.717, 1.165) is 114 Å². The van der Waals surface area contributed by atoms with E-state index in [1.807, 2.05) is 0 Å². The Hall–Kier alpha value is -1.94. The summed E-state index contributed by atoms with van der Waals surface area (Å²) in [4.78, 5) is 73.0. The largest absolute Gasteiger partial charge is 0.472 e. The van der Waals surface area contributed by atoms with Gasteiger partial charge in [-0.3, -0.25) is 37.3 Å². The summed E-state index contributed by atoms with van der Waals surface area (Å²) in [5.74, 6) is 0.305. The lowest BCUT2D eigenvalue weighted by Gasteiger charge is -2.21. The molecule has 4 unspecified atom stereocenters. The molecule has 0 radical (unpaired) electrons. The lowest BCUT2D eigenvalue weighted by atomic mass is 9.99. The molecule has 0 aliphatic heterocycles. The number of carbonyl (C=O) groups excluding carboxylic acids is 4. The zero-order valence-electron chi connectivity index (χ0n) is 67.1. The van der Waals surface area contributed by atoms with Gasteiger partial charge in [0.25, 0.3) is 0 Å². The van der Waals surface area contributed by atoms with E-state index in [0.29, 0.717) is 25.7 Å². The van der Waals surface area contributed by atoms with Crippen molar-refractivity contribution in [3.63, 3.8) is 0 Å². The maximum absolute atomic E-state index is 13.1. The summed E-state index contributed by atoms with van der Waals surface area (Å²) >= 11 is 0. The topological polar surface area (TPSA) is 237 Å². The number of aliphatic hydroxyl groups excluding tert-OH is 1. The van der Waals surface area contributed by atoms with Crippen molar-refractivity contribution >= 4 is 39.5 Å². The third-order valence-electron chi connectivity index (χ3n) is 20.1. The summed E-state index contributed by atoms with van der Waals surface area (Å²) in [6, 6.07) is 0. The van der Waals surface area contributed by atoms with Crippen molar-refractivity contribution < 1.29 is 80.2 Å². The van der Waals surface area contributed by atoms with Crippen LogP contribution in [-0.4, -0.2) is 96.7 Å². The van der Waals surface area contributed by atoms with Gasteiger partial charge in [0.2, 0.25) is 0 Å². The SMILES string of the molecule is CCCCCCCCCCCCCC(=O)O[C@H](COC(=O)CCCCCCCCC(C)CC)COP(=O)(O)OC[C@H](O)COP(=O)(O)OC[C@@H](COC(=O)CCCCCCCCCCCCCCCCCCC(C)C)OC(=O)CCCCCCCCCCCCCCCCCCCCC(C)CC. The number of phosphoric acid groups is 2. The van der Waals surface area contributed by atoms with E-state index in [1.54, 1.807) is 0 Å². The predicted molar refractivity (Wildman–Crippen MR) is 418 cm³/mol. The van der Waals surface area contributed by atoms with Gasteiger partial charge in [0, 0.05) is 25.7 Å². The molecule has 0 bridgehead atoms. The van der Waals surface area contributed by atoms with Crippen LogP contribution in [0.25, 0.3) is 0 Å². The molecule has 17 nitrogen and oxygen atoms in total. The minimum atomic E-state index is -4.96. The molecule has 0 fully saturated rings. The monoisotopic (exact) mass is 1490 g/mol. The summed E-state index contributed by atoms with van der Waals surface area (Å²) < 4.78 is 68.7. The molecule has 0 heterocycles. The molecule has 19 heteroatoms. The molecule has 0 aromatic heterocycles. The van der Waals surface area contributed by atoms with Gasteiger partial charge in [0.15, 0.2) is 12.2 Å². The van der Waals surface area contributed by atoms with Crippen molar-refractivity contribution in [3.8, 4) is 0 Å². The van der Waals surface area contributed by atoms with Gasteiger partial charge in [-0.25, -0.2) is 9.13 Å². The molecule has 606 valence electrons. The maximum atomic E-state index is 13.1. The van der Waals surface area contributed by atoms with Gasteiger partial charge in [-0.05, 0) is 43.4 Å². The minimum absolute atomic E-state index is 0.106. The van der Waals surface area contributed by atoms with E-state index < -0.39 is 97.5 Å². The molecule has 0 aliphatic carbocycles. The van der Waals surface area contributed by atoms with Crippen molar-refractivity contribution in [1.29, 1.82) is 0 Å². The van der Waals surface area contributed by atoms with Crippen LogP contribution in [0.15, 0.2) is 0 Å². The molecule has 0 saturated carbocycles. The highest BCUT2D eigenvalue weighted by Gasteiger charge is 2.30. The number of phosphoric ester groups is 2. The first-order chi connectivity index (χ1) is 49.3. The first-order valence-corrected chi connectivity index (χ1v) is 45.9. The van der Waals surface area contributed by atoms with Crippen LogP contribution in [0, 0.1) is 17.8 Å². The molecule has 0 spiro atoms. The van der Waals surface area contributed by atoms with Gasteiger partial charge in [0.1, 0.15) is 19.3 Å². The Kier molecular flexibility index (Phi) is 71.8. The van der Waals surface area contributed by atoms with Gasteiger partial charge in [-0.2, -0.15) is 0 Å². The highest BCUT2D eigenvalue weighted by atomic mass is 31.2. The Bertz CT molecular complexity index is 1980. The number of unbranched alkanes of at least 4 members (excludes halogenated alkanes) is 47.